The molecule has 0 amide bonds. The molecule has 0 saturated carbocycles. The van der Waals surface area contributed by atoms with Gasteiger partial charge in [0.05, 0.1) is 24.8 Å². The zero-order valence-electron chi connectivity index (χ0n) is 16.8. The summed E-state index contributed by atoms with van der Waals surface area (Å²) in [6, 6.07) is 5.13. The van der Waals surface area contributed by atoms with Gasteiger partial charge in [-0.3, -0.25) is 4.99 Å². The minimum absolute atomic E-state index is 0.0711. The van der Waals surface area contributed by atoms with Gasteiger partial charge >= 0.3 is 0 Å². The van der Waals surface area contributed by atoms with Crippen LogP contribution in [0, 0.1) is 5.92 Å². The van der Waals surface area contributed by atoms with E-state index in [1.165, 1.54) is 0 Å². The average Bonchev–Trinajstić information content (AvgIpc) is 3.23. The third-order valence-corrected chi connectivity index (χ3v) is 5.09. The summed E-state index contributed by atoms with van der Waals surface area (Å²) in [6.45, 7) is 6.84. The molecule has 9 heteroatoms. The van der Waals surface area contributed by atoms with E-state index < -0.39 is 6.10 Å². The Hall–Kier alpha value is -1.25. The van der Waals surface area contributed by atoms with Gasteiger partial charge in [-0.2, -0.15) is 0 Å². The van der Waals surface area contributed by atoms with Crippen molar-refractivity contribution < 1.29 is 19.3 Å². The first-order chi connectivity index (χ1) is 14.1. The number of halogens is 2. The normalized spacial score (nSPS) is 17.9. The van der Waals surface area contributed by atoms with Crippen molar-refractivity contribution in [3.05, 3.63) is 28.2 Å². The van der Waals surface area contributed by atoms with E-state index >= 15 is 0 Å². The average molecular weight is 448 g/mol. The second kappa shape index (κ2) is 13.9. The van der Waals surface area contributed by atoms with Crippen molar-refractivity contribution in [2.75, 3.05) is 52.7 Å². The summed E-state index contributed by atoms with van der Waals surface area (Å²) in [6.07, 6.45) is 1.19. The van der Waals surface area contributed by atoms with Crippen LogP contribution in [0.4, 0.5) is 0 Å². The summed E-state index contributed by atoms with van der Waals surface area (Å²) in [5.41, 5.74) is 0. The first-order valence-electron chi connectivity index (χ1n) is 10.0. The molecule has 1 heterocycles. The smallest absolute Gasteiger partial charge is 0.191 e. The second-order valence-corrected chi connectivity index (χ2v) is 7.61. The van der Waals surface area contributed by atoms with Gasteiger partial charge in [-0.15, -0.1) is 0 Å². The van der Waals surface area contributed by atoms with E-state index in [1.54, 1.807) is 18.2 Å². The van der Waals surface area contributed by atoms with E-state index in [-0.39, 0.29) is 13.2 Å². The highest BCUT2D eigenvalue weighted by Crippen LogP contribution is 2.31. The predicted octanol–water partition coefficient (Wildman–Crippen LogP) is 2.73. The first kappa shape index (κ1) is 24.0. The number of hydrogen-bond acceptors (Lipinski definition) is 5. The summed E-state index contributed by atoms with van der Waals surface area (Å²) < 4.78 is 16.6. The van der Waals surface area contributed by atoms with Crippen molar-refractivity contribution in [2.24, 2.45) is 10.9 Å². The molecule has 1 saturated heterocycles. The van der Waals surface area contributed by atoms with Crippen LogP contribution < -0.4 is 15.4 Å². The number of ether oxygens (including phenoxy) is 3. The van der Waals surface area contributed by atoms with E-state index in [4.69, 9.17) is 37.4 Å². The standard InChI is InChI=1S/C20H31Cl2N3O4/c1-2-23-20(24-8-4-9-27-12-15-7-10-28-13-15)25-11-16(26)14-29-18-6-3-5-17(21)19(18)22/h3,5-6,15-16,26H,2,4,7-14H2,1H3,(H2,23,24,25). The Morgan fingerprint density at radius 1 is 1.38 bits per heavy atom. The molecule has 3 N–H and O–H groups in total. The maximum Gasteiger partial charge on any atom is 0.191 e. The summed E-state index contributed by atoms with van der Waals surface area (Å²) in [4.78, 5) is 4.39. The number of guanidine groups is 1. The number of rotatable bonds is 12. The van der Waals surface area contributed by atoms with E-state index in [9.17, 15) is 5.11 Å². The van der Waals surface area contributed by atoms with Gasteiger partial charge in [-0.25, -0.2) is 0 Å². The lowest BCUT2D eigenvalue weighted by atomic mass is 10.1. The number of aliphatic hydroxyl groups excluding tert-OH is 1. The van der Waals surface area contributed by atoms with Gasteiger partial charge in [0, 0.05) is 32.2 Å². The molecule has 1 aliphatic rings. The lowest BCUT2D eigenvalue weighted by molar-refractivity contribution is 0.0888. The Labute approximate surface area is 182 Å². The molecule has 1 aromatic carbocycles. The van der Waals surface area contributed by atoms with Gasteiger partial charge in [-0.1, -0.05) is 29.3 Å². The molecule has 1 aliphatic heterocycles. The van der Waals surface area contributed by atoms with Crippen LogP contribution in [0.15, 0.2) is 23.2 Å². The summed E-state index contributed by atoms with van der Waals surface area (Å²) in [7, 11) is 0. The Balaban J connectivity index is 1.63. The van der Waals surface area contributed by atoms with E-state index in [1.807, 2.05) is 6.92 Å². The van der Waals surface area contributed by atoms with Crippen LogP contribution in [-0.2, 0) is 9.47 Å². The second-order valence-electron chi connectivity index (χ2n) is 6.82. The molecular formula is C20H31Cl2N3O4. The molecule has 164 valence electrons. The van der Waals surface area contributed by atoms with Gasteiger partial charge in [0.1, 0.15) is 23.5 Å². The van der Waals surface area contributed by atoms with Crippen LogP contribution >= 0.6 is 23.2 Å². The number of aliphatic hydroxyl groups is 1. The van der Waals surface area contributed by atoms with Crippen LogP contribution in [-0.4, -0.2) is 69.8 Å². The summed E-state index contributed by atoms with van der Waals surface area (Å²) in [5, 5.41) is 17.3. The lowest BCUT2D eigenvalue weighted by Gasteiger charge is -2.15. The third kappa shape index (κ3) is 9.40. The van der Waals surface area contributed by atoms with Crippen molar-refractivity contribution in [3.8, 4) is 5.75 Å². The van der Waals surface area contributed by atoms with Crippen molar-refractivity contribution in [2.45, 2.75) is 25.9 Å². The summed E-state index contributed by atoms with van der Waals surface area (Å²) >= 11 is 12.0. The van der Waals surface area contributed by atoms with Crippen molar-refractivity contribution in [1.82, 2.24) is 10.6 Å². The SMILES string of the molecule is CCNC(=NCC(O)COc1cccc(Cl)c1Cl)NCCCOCC1CCOC1. The Morgan fingerprint density at radius 2 is 2.24 bits per heavy atom. The Bertz CT molecular complexity index is 628. The molecule has 7 nitrogen and oxygen atoms in total. The van der Waals surface area contributed by atoms with Crippen molar-refractivity contribution >= 4 is 29.2 Å². The quantitative estimate of drug-likeness (QED) is 0.259. The lowest BCUT2D eigenvalue weighted by Crippen LogP contribution is -2.39. The molecule has 2 unspecified atom stereocenters. The zero-order valence-corrected chi connectivity index (χ0v) is 18.3. The minimum atomic E-state index is -0.766. The molecule has 2 rings (SSSR count). The minimum Gasteiger partial charge on any atom is -0.489 e. The fourth-order valence-electron chi connectivity index (χ4n) is 2.72. The molecule has 0 spiro atoms. The largest absolute Gasteiger partial charge is 0.489 e. The van der Waals surface area contributed by atoms with Crippen LogP contribution in [0.2, 0.25) is 10.0 Å². The van der Waals surface area contributed by atoms with Crippen molar-refractivity contribution in [1.29, 1.82) is 0 Å². The van der Waals surface area contributed by atoms with Crippen LogP contribution in [0.1, 0.15) is 19.8 Å². The monoisotopic (exact) mass is 447 g/mol. The van der Waals surface area contributed by atoms with Gasteiger partial charge in [0.25, 0.3) is 0 Å². The molecular weight excluding hydrogens is 417 g/mol. The highest BCUT2D eigenvalue weighted by atomic mass is 35.5. The van der Waals surface area contributed by atoms with Crippen molar-refractivity contribution in [3.63, 3.8) is 0 Å². The van der Waals surface area contributed by atoms with E-state index in [0.717, 1.165) is 45.8 Å². The van der Waals surface area contributed by atoms with Gasteiger partial charge in [0.2, 0.25) is 0 Å². The Kier molecular flexibility index (Phi) is 11.5. The molecule has 29 heavy (non-hydrogen) atoms. The van der Waals surface area contributed by atoms with Gasteiger partial charge in [0.15, 0.2) is 5.96 Å². The Morgan fingerprint density at radius 3 is 3.00 bits per heavy atom. The van der Waals surface area contributed by atoms with Crippen LogP contribution in [0.5, 0.6) is 5.75 Å². The predicted molar refractivity (Wildman–Crippen MR) is 116 cm³/mol. The first-order valence-corrected chi connectivity index (χ1v) is 10.8. The third-order valence-electron chi connectivity index (χ3n) is 4.29. The van der Waals surface area contributed by atoms with E-state index in [0.29, 0.717) is 34.3 Å². The molecule has 0 radical (unpaired) electrons. The number of nitrogens with one attached hydrogen (secondary N) is 2. The number of nitrogens with zero attached hydrogens (tertiary/aromatic N) is 1. The topological polar surface area (TPSA) is 84.3 Å². The molecule has 2 atom stereocenters. The fourth-order valence-corrected chi connectivity index (χ4v) is 3.06. The maximum absolute atomic E-state index is 10.1. The molecule has 0 bridgehead atoms. The molecule has 1 fully saturated rings. The van der Waals surface area contributed by atoms with E-state index in [2.05, 4.69) is 15.6 Å². The highest BCUT2D eigenvalue weighted by Gasteiger charge is 2.15. The van der Waals surface area contributed by atoms with Crippen LogP contribution in [0.25, 0.3) is 0 Å². The van der Waals surface area contributed by atoms with Crippen LogP contribution in [0.3, 0.4) is 0 Å². The molecule has 0 aliphatic carbocycles. The summed E-state index contributed by atoms with van der Waals surface area (Å²) in [5.74, 6) is 1.63. The number of hydrogen-bond donors (Lipinski definition) is 3. The van der Waals surface area contributed by atoms with Gasteiger partial charge in [-0.05, 0) is 31.9 Å². The number of aliphatic imine (C=N–C) groups is 1. The maximum atomic E-state index is 10.1. The number of benzene rings is 1. The van der Waals surface area contributed by atoms with Gasteiger partial charge < -0.3 is 30.0 Å². The molecule has 0 aromatic heterocycles. The highest BCUT2D eigenvalue weighted by molar-refractivity contribution is 6.42. The zero-order chi connectivity index (χ0) is 20.9. The molecule has 1 aromatic rings. The fraction of sp³-hybridized carbons (Fsp3) is 0.650.